The molecule has 0 radical (unpaired) electrons. The molecule has 6 heteroatoms. The summed E-state index contributed by atoms with van der Waals surface area (Å²) in [5.41, 5.74) is 9.23. The molecule has 1 atom stereocenters. The average molecular weight is 401 g/mol. The van der Waals surface area contributed by atoms with Crippen molar-refractivity contribution in [2.24, 2.45) is 5.73 Å². The maximum Gasteiger partial charge on any atom is 0.259 e. The highest BCUT2D eigenvalue weighted by Gasteiger charge is 2.34. The van der Waals surface area contributed by atoms with Crippen molar-refractivity contribution >= 4 is 0 Å². The third-order valence-electron chi connectivity index (χ3n) is 5.52. The molecule has 1 aliphatic rings. The lowest BCUT2D eigenvalue weighted by atomic mass is 9.83. The fourth-order valence-corrected chi connectivity index (χ4v) is 3.85. The van der Waals surface area contributed by atoms with E-state index in [-0.39, 0.29) is 17.0 Å². The minimum Gasteiger partial charge on any atom is -0.467 e. The molecule has 2 aromatic heterocycles. The molecule has 0 saturated heterocycles. The van der Waals surface area contributed by atoms with Gasteiger partial charge in [-0.3, -0.25) is 4.79 Å². The number of nitrogens with two attached hydrogens (primary N) is 1. The number of aromatic nitrogens is 1. The summed E-state index contributed by atoms with van der Waals surface area (Å²) >= 11 is 0. The van der Waals surface area contributed by atoms with Gasteiger partial charge in [0, 0.05) is 11.8 Å². The predicted octanol–water partition coefficient (Wildman–Crippen LogP) is 4.14. The van der Waals surface area contributed by atoms with Gasteiger partial charge in [-0.25, -0.2) is 0 Å². The van der Waals surface area contributed by atoms with Crippen molar-refractivity contribution in [2.75, 3.05) is 0 Å². The highest BCUT2D eigenvalue weighted by atomic mass is 16.5. The Morgan fingerprint density at radius 3 is 2.57 bits per heavy atom. The van der Waals surface area contributed by atoms with Crippen molar-refractivity contribution in [1.82, 2.24) is 4.57 Å². The number of benzene rings is 1. The fraction of sp³-hybridized carbons (Fsp3) is 0.250. The van der Waals surface area contributed by atoms with Gasteiger partial charge in [0.05, 0.1) is 24.3 Å². The number of nitrogens with zero attached hydrogens (tertiary/aromatic N) is 2. The van der Waals surface area contributed by atoms with E-state index in [1.165, 1.54) is 5.56 Å². The Kier molecular flexibility index (Phi) is 4.96. The molecule has 0 aliphatic carbocycles. The van der Waals surface area contributed by atoms with Crippen LogP contribution in [-0.4, -0.2) is 4.57 Å². The third kappa shape index (κ3) is 3.29. The van der Waals surface area contributed by atoms with Crippen LogP contribution in [0.25, 0.3) is 0 Å². The van der Waals surface area contributed by atoms with Crippen molar-refractivity contribution in [3.8, 4) is 11.8 Å². The Hall–Kier alpha value is -3.72. The molecular weight excluding hydrogens is 378 g/mol. The van der Waals surface area contributed by atoms with Gasteiger partial charge in [-0.15, -0.1) is 0 Å². The number of fused-ring (bicyclic) bond motifs is 1. The Balaban J connectivity index is 1.90. The number of aryl methyl sites for hydroxylation is 1. The zero-order valence-corrected chi connectivity index (χ0v) is 17.2. The van der Waals surface area contributed by atoms with E-state index < -0.39 is 5.92 Å². The van der Waals surface area contributed by atoms with Crippen LogP contribution < -0.4 is 16.0 Å². The van der Waals surface area contributed by atoms with E-state index in [0.29, 0.717) is 29.5 Å². The summed E-state index contributed by atoms with van der Waals surface area (Å²) in [6, 6.07) is 15.5. The van der Waals surface area contributed by atoms with Gasteiger partial charge < -0.3 is 19.5 Å². The molecule has 30 heavy (non-hydrogen) atoms. The quantitative estimate of drug-likeness (QED) is 0.709. The van der Waals surface area contributed by atoms with Gasteiger partial charge in [-0.1, -0.05) is 38.1 Å². The number of allylic oxidation sites excluding steroid dienone is 1. The van der Waals surface area contributed by atoms with Crippen LogP contribution in [0.2, 0.25) is 0 Å². The third-order valence-corrected chi connectivity index (χ3v) is 5.52. The Morgan fingerprint density at radius 2 is 1.97 bits per heavy atom. The molecule has 2 N–H and O–H groups in total. The maximum atomic E-state index is 13.6. The Labute approximate surface area is 174 Å². The van der Waals surface area contributed by atoms with Crippen molar-refractivity contribution in [1.29, 1.82) is 5.26 Å². The zero-order valence-electron chi connectivity index (χ0n) is 17.2. The molecule has 3 aromatic rings. The highest BCUT2D eigenvalue weighted by Crippen LogP contribution is 2.40. The number of rotatable bonds is 4. The van der Waals surface area contributed by atoms with E-state index in [2.05, 4.69) is 19.9 Å². The van der Waals surface area contributed by atoms with Gasteiger partial charge in [-0.2, -0.15) is 5.26 Å². The molecule has 0 amide bonds. The number of hydrogen-bond acceptors (Lipinski definition) is 5. The van der Waals surface area contributed by atoms with Crippen molar-refractivity contribution in [3.63, 3.8) is 0 Å². The van der Waals surface area contributed by atoms with Crippen LogP contribution in [-0.2, 0) is 6.54 Å². The lowest BCUT2D eigenvalue weighted by Crippen LogP contribution is -2.33. The molecule has 1 aromatic carbocycles. The topological polar surface area (TPSA) is 94.2 Å². The summed E-state index contributed by atoms with van der Waals surface area (Å²) in [5.74, 6) is 0.889. The first-order chi connectivity index (χ1) is 14.4. The second-order valence-electron chi connectivity index (χ2n) is 7.78. The Morgan fingerprint density at radius 1 is 1.23 bits per heavy atom. The molecule has 0 spiro atoms. The highest BCUT2D eigenvalue weighted by molar-refractivity contribution is 5.55. The first-order valence-corrected chi connectivity index (χ1v) is 9.84. The van der Waals surface area contributed by atoms with Crippen molar-refractivity contribution < 1.29 is 9.15 Å². The number of ether oxygens (including phenoxy) is 1. The number of hydrogen-bond donors (Lipinski definition) is 1. The number of pyridine rings is 1. The normalized spacial score (nSPS) is 15.6. The summed E-state index contributed by atoms with van der Waals surface area (Å²) < 4.78 is 12.8. The van der Waals surface area contributed by atoms with E-state index >= 15 is 0 Å². The number of nitriles is 1. The molecule has 152 valence electrons. The van der Waals surface area contributed by atoms with Gasteiger partial charge >= 0.3 is 0 Å². The largest absolute Gasteiger partial charge is 0.467 e. The van der Waals surface area contributed by atoms with Gasteiger partial charge in [0.1, 0.15) is 23.2 Å². The minimum atomic E-state index is -0.587. The molecule has 0 bridgehead atoms. The van der Waals surface area contributed by atoms with E-state index in [0.717, 1.165) is 11.3 Å². The summed E-state index contributed by atoms with van der Waals surface area (Å²) in [5, 5.41) is 9.79. The summed E-state index contributed by atoms with van der Waals surface area (Å²) in [4.78, 5) is 13.6. The molecule has 0 fully saturated rings. The van der Waals surface area contributed by atoms with Crippen LogP contribution in [0.4, 0.5) is 0 Å². The Bertz CT molecular complexity index is 1210. The predicted molar refractivity (Wildman–Crippen MR) is 113 cm³/mol. The first-order valence-electron chi connectivity index (χ1n) is 9.84. The monoisotopic (exact) mass is 401 g/mol. The van der Waals surface area contributed by atoms with Gasteiger partial charge in [-0.05, 0) is 36.1 Å². The first kappa shape index (κ1) is 19.6. The zero-order chi connectivity index (χ0) is 21.4. The van der Waals surface area contributed by atoms with E-state index in [4.69, 9.17) is 14.9 Å². The SMILES string of the molecule is Cc1cc2c(c(=O)n1Cc1ccco1)C(c1ccc(C(C)C)cc1)C(C#N)=C(N)O2. The van der Waals surface area contributed by atoms with Gasteiger partial charge in [0.2, 0.25) is 5.88 Å². The average Bonchev–Trinajstić information content (AvgIpc) is 3.23. The van der Waals surface area contributed by atoms with Gasteiger partial charge in [0.15, 0.2) is 0 Å². The van der Waals surface area contributed by atoms with Crippen molar-refractivity contribution in [3.05, 3.63) is 98.7 Å². The summed E-state index contributed by atoms with van der Waals surface area (Å²) in [6.45, 7) is 6.37. The molecule has 4 rings (SSSR count). The van der Waals surface area contributed by atoms with Crippen LogP contribution in [0, 0.1) is 18.3 Å². The second-order valence-corrected chi connectivity index (χ2v) is 7.78. The van der Waals surface area contributed by atoms with Crippen LogP contribution in [0.15, 0.2) is 69.4 Å². The summed E-state index contributed by atoms with van der Waals surface area (Å²) in [7, 11) is 0. The molecule has 0 saturated carbocycles. The smallest absolute Gasteiger partial charge is 0.259 e. The molecule has 3 heterocycles. The van der Waals surface area contributed by atoms with Crippen LogP contribution in [0.3, 0.4) is 0 Å². The van der Waals surface area contributed by atoms with Gasteiger partial charge in [0.25, 0.3) is 5.56 Å². The van der Waals surface area contributed by atoms with E-state index in [1.54, 1.807) is 23.0 Å². The second kappa shape index (κ2) is 7.60. The van der Waals surface area contributed by atoms with Crippen LogP contribution in [0.5, 0.6) is 5.75 Å². The van der Waals surface area contributed by atoms with E-state index in [1.807, 2.05) is 37.3 Å². The van der Waals surface area contributed by atoms with Crippen LogP contribution >= 0.6 is 0 Å². The fourth-order valence-electron chi connectivity index (χ4n) is 3.85. The molecule has 1 aliphatic heterocycles. The van der Waals surface area contributed by atoms with Crippen LogP contribution in [0.1, 0.15) is 53.8 Å². The lowest BCUT2D eigenvalue weighted by molar-refractivity contribution is 0.387. The lowest BCUT2D eigenvalue weighted by Gasteiger charge is -2.27. The molecular formula is C24H23N3O3. The number of furan rings is 1. The van der Waals surface area contributed by atoms with Crippen molar-refractivity contribution in [2.45, 2.75) is 39.2 Å². The van der Waals surface area contributed by atoms with E-state index in [9.17, 15) is 10.1 Å². The summed E-state index contributed by atoms with van der Waals surface area (Å²) in [6.07, 6.45) is 1.58. The minimum absolute atomic E-state index is 0.0329. The maximum absolute atomic E-state index is 13.6. The molecule has 1 unspecified atom stereocenters. The standard InChI is InChI=1S/C24H23N3O3/c1-14(2)16-6-8-17(9-7-16)21-19(12-25)23(26)30-20-11-15(3)27(24(28)22(20)21)13-18-5-4-10-29-18/h4-11,14,21H,13,26H2,1-3H3. The molecule has 6 nitrogen and oxygen atoms in total.